The molecular weight excluding hydrogens is 256 g/mol. The molecule has 0 atom stereocenters. The van der Waals surface area contributed by atoms with E-state index >= 15 is 0 Å². The van der Waals surface area contributed by atoms with Crippen LogP contribution in [-0.4, -0.2) is 32.0 Å². The van der Waals surface area contributed by atoms with Crippen molar-refractivity contribution in [3.63, 3.8) is 0 Å². The van der Waals surface area contributed by atoms with Gasteiger partial charge in [0, 0.05) is 25.5 Å². The van der Waals surface area contributed by atoms with E-state index in [9.17, 15) is 4.79 Å². The number of aryl methyl sites for hydroxylation is 3. The fraction of sp³-hybridized carbons (Fsp3) is 0.462. The van der Waals surface area contributed by atoms with Crippen LogP contribution in [-0.2, 0) is 13.6 Å². The minimum absolute atomic E-state index is 0.169. The van der Waals surface area contributed by atoms with Crippen molar-refractivity contribution in [2.75, 3.05) is 11.9 Å². The monoisotopic (exact) mass is 276 g/mol. The maximum absolute atomic E-state index is 12.3. The highest BCUT2D eigenvalue weighted by atomic mass is 16.1. The van der Waals surface area contributed by atoms with Gasteiger partial charge in [0.1, 0.15) is 0 Å². The molecule has 0 saturated carbocycles. The molecule has 7 nitrogen and oxygen atoms in total. The van der Waals surface area contributed by atoms with E-state index in [-0.39, 0.29) is 5.91 Å². The highest BCUT2D eigenvalue weighted by Gasteiger charge is 2.15. The summed E-state index contributed by atoms with van der Waals surface area (Å²) in [5.41, 5.74) is 8.40. The Labute approximate surface area is 117 Å². The largest absolute Gasteiger partial charge is 0.330 e. The molecule has 2 aromatic rings. The predicted octanol–water partition coefficient (Wildman–Crippen LogP) is 0.835. The van der Waals surface area contributed by atoms with Crippen LogP contribution < -0.4 is 11.1 Å². The first kappa shape index (κ1) is 14.3. The molecule has 0 bridgehead atoms. The maximum Gasteiger partial charge on any atom is 0.259 e. The average molecular weight is 276 g/mol. The van der Waals surface area contributed by atoms with E-state index < -0.39 is 0 Å². The molecule has 0 spiro atoms. The summed E-state index contributed by atoms with van der Waals surface area (Å²) in [6, 6.07) is 0. The summed E-state index contributed by atoms with van der Waals surface area (Å²) in [5, 5.41) is 11.3. The van der Waals surface area contributed by atoms with Crippen molar-refractivity contribution in [1.82, 2.24) is 19.6 Å². The van der Waals surface area contributed by atoms with Crippen molar-refractivity contribution in [2.24, 2.45) is 12.8 Å². The molecule has 0 fully saturated rings. The van der Waals surface area contributed by atoms with Gasteiger partial charge in [0.15, 0.2) is 0 Å². The van der Waals surface area contributed by atoms with Gasteiger partial charge in [-0.1, -0.05) is 0 Å². The number of carbonyl (C=O) groups is 1. The Hall–Kier alpha value is -2.15. The zero-order valence-corrected chi connectivity index (χ0v) is 12.1. The number of nitrogens with zero attached hydrogens (tertiary/aromatic N) is 4. The Morgan fingerprint density at radius 3 is 2.80 bits per heavy atom. The Bertz CT molecular complexity index is 612. The number of amides is 1. The highest BCUT2D eigenvalue weighted by Crippen LogP contribution is 2.15. The topological polar surface area (TPSA) is 90.8 Å². The van der Waals surface area contributed by atoms with Crippen LogP contribution in [0.5, 0.6) is 0 Å². The second-order valence-electron chi connectivity index (χ2n) is 4.77. The van der Waals surface area contributed by atoms with Gasteiger partial charge in [0.2, 0.25) is 0 Å². The molecule has 1 amide bonds. The van der Waals surface area contributed by atoms with Crippen molar-refractivity contribution in [3.05, 3.63) is 29.3 Å². The van der Waals surface area contributed by atoms with Crippen molar-refractivity contribution in [1.29, 1.82) is 0 Å². The van der Waals surface area contributed by atoms with Crippen molar-refractivity contribution in [2.45, 2.75) is 26.8 Å². The van der Waals surface area contributed by atoms with Crippen LogP contribution in [0.1, 0.15) is 28.2 Å². The molecule has 0 aromatic carbocycles. The first-order valence-corrected chi connectivity index (χ1v) is 6.57. The number of nitrogens with two attached hydrogens (primary N) is 1. The van der Waals surface area contributed by atoms with E-state index in [4.69, 9.17) is 5.73 Å². The van der Waals surface area contributed by atoms with Crippen LogP contribution in [0.15, 0.2) is 12.4 Å². The second-order valence-corrected chi connectivity index (χ2v) is 4.77. The zero-order valence-electron chi connectivity index (χ0n) is 12.1. The summed E-state index contributed by atoms with van der Waals surface area (Å²) in [7, 11) is 1.82. The molecule has 7 heteroatoms. The quantitative estimate of drug-likeness (QED) is 0.846. The standard InChI is InChI=1S/C13H20N6O/c1-9-12(8-18(3)17-9)16-13(20)11-7-15-19(10(11)2)6-4-5-14/h7-8H,4-6,14H2,1-3H3,(H,16,20). The molecular formula is C13H20N6O. The third kappa shape index (κ3) is 2.88. The predicted molar refractivity (Wildman–Crippen MR) is 76.5 cm³/mol. The Balaban J connectivity index is 2.13. The summed E-state index contributed by atoms with van der Waals surface area (Å²) in [6.45, 7) is 5.07. The number of hydrogen-bond donors (Lipinski definition) is 2. The van der Waals surface area contributed by atoms with E-state index in [1.54, 1.807) is 21.8 Å². The summed E-state index contributed by atoms with van der Waals surface area (Å²) >= 11 is 0. The third-order valence-electron chi connectivity index (χ3n) is 3.18. The molecule has 20 heavy (non-hydrogen) atoms. The van der Waals surface area contributed by atoms with Gasteiger partial charge >= 0.3 is 0 Å². The van der Waals surface area contributed by atoms with Gasteiger partial charge in [-0.15, -0.1) is 0 Å². The smallest absolute Gasteiger partial charge is 0.259 e. The van der Waals surface area contributed by atoms with Crippen LogP contribution in [0.4, 0.5) is 5.69 Å². The first-order chi connectivity index (χ1) is 9.52. The molecule has 3 N–H and O–H groups in total. The highest BCUT2D eigenvalue weighted by molar-refractivity contribution is 6.05. The maximum atomic E-state index is 12.3. The third-order valence-corrected chi connectivity index (χ3v) is 3.18. The van der Waals surface area contributed by atoms with Gasteiger partial charge in [-0.3, -0.25) is 14.2 Å². The number of nitrogens with one attached hydrogen (secondary N) is 1. The number of carbonyl (C=O) groups excluding carboxylic acids is 1. The molecule has 0 aliphatic carbocycles. The van der Waals surface area contributed by atoms with Crippen LogP contribution in [0.25, 0.3) is 0 Å². The lowest BCUT2D eigenvalue weighted by Crippen LogP contribution is -2.14. The van der Waals surface area contributed by atoms with Crippen LogP contribution in [0.3, 0.4) is 0 Å². The minimum Gasteiger partial charge on any atom is -0.330 e. The van der Waals surface area contributed by atoms with E-state index in [0.29, 0.717) is 17.8 Å². The molecule has 0 unspecified atom stereocenters. The summed E-state index contributed by atoms with van der Waals surface area (Å²) in [5.74, 6) is -0.169. The number of hydrogen-bond acceptors (Lipinski definition) is 4. The molecule has 2 heterocycles. The van der Waals surface area contributed by atoms with Gasteiger partial charge in [0.25, 0.3) is 5.91 Å². The number of aromatic nitrogens is 4. The van der Waals surface area contributed by atoms with E-state index in [1.807, 2.05) is 20.9 Å². The van der Waals surface area contributed by atoms with Crippen LogP contribution in [0.2, 0.25) is 0 Å². The van der Waals surface area contributed by atoms with Gasteiger partial charge in [-0.25, -0.2) is 0 Å². The van der Waals surface area contributed by atoms with E-state index in [2.05, 4.69) is 15.5 Å². The summed E-state index contributed by atoms with van der Waals surface area (Å²) < 4.78 is 3.47. The lowest BCUT2D eigenvalue weighted by molar-refractivity contribution is 0.102. The minimum atomic E-state index is -0.169. The Kier molecular flexibility index (Phi) is 4.19. The fourth-order valence-electron chi connectivity index (χ4n) is 2.05. The van der Waals surface area contributed by atoms with Crippen LogP contribution >= 0.6 is 0 Å². The van der Waals surface area contributed by atoms with Crippen molar-refractivity contribution < 1.29 is 4.79 Å². The Morgan fingerprint density at radius 1 is 1.45 bits per heavy atom. The molecule has 0 aliphatic rings. The SMILES string of the molecule is Cc1nn(C)cc1NC(=O)c1cnn(CCCN)c1C. The van der Waals surface area contributed by atoms with Gasteiger partial charge in [-0.05, 0) is 26.8 Å². The van der Waals surface area contributed by atoms with Crippen molar-refractivity contribution in [3.8, 4) is 0 Å². The molecule has 0 saturated heterocycles. The summed E-state index contributed by atoms with van der Waals surface area (Å²) in [4.78, 5) is 12.3. The first-order valence-electron chi connectivity index (χ1n) is 6.57. The fourth-order valence-corrected chi connectivity index (χ4v) is 2.05. The van der Waals surface area contributed by atoms with E-state index in [1.165, 1.54) is 0 Å². The number of rotatable bonds is 5. The van der Waals surface area contributed by atoms with E-state index in [0.717, 1.165) is 24.4 Å². The lowest BCUT2D eigenvalue weighted by atomic mass is 10.2. The molecule has 2 aromatic heterocycles. The lowest BCUT2D eigenvalue weighted by Gasteiger charge is -2.05. The molecule has 2 rings (SSSR count). The van der Waals surface area contributed by atoms with Gasteiger partial charge in [-0.2, -0.15) is 10.2 Å². The van der Waals surface area contributed by atoms with Crippen molar-refractivity contribution >= 4 is 11.6 Å². The second kappa shape index (κ2) is 5.87. The average Bonchev–Trinajstić information content (AvgIpc) is 2.90. The normalized spacial score (nSPS) is 10.8. The molecule has 0 radical (unpaired) electrons. The molecule has 108 valence electrons. The summed E-state index contributed by atoms with van der Waals surface area (Å²) in [6.07, 6.45) is 4.21. The number of anilines is 1. The zero-order chi connectivity index (χ0) is 14.7. The molecule has 0 aliphatic heterocycles. The van der Waals surface area contributed by atoms with Crippen LogP contribution in [0, 0.1) is 13.8 Å². The van der Waals surface area contributed by atoms with Gasteiger partial charge in [0.05, 0.1) is 23.1 Å². The van der Waals surface area contributed by atoms with Gasteiger partial charge < -0.3 is 11.1 Å². The Morgan fingerprint density at radius 2 is 2.20 bits per heavy atom.